The number of nitrogens with two attached hydrogens (primary N) is 2. The summed E-state index contributed by atoms with van der Waals surface area (Å²) >= 11 is 0. The number of rotatable bonds is 3. The highest BCUT2D eigenvalue weighted by Gasteiger charge is 2.20. The quantitative estimate of drug-likeness (QED) is 0.872. The summed E-state index contributed by atoms with van der Waals surface area (Å²) < 4.78 is 5.28. The minimum atomic E-state index is 0.205. The monoisotopic (exact) mass is 300 g/mol. The lowest BCUT2D eigenvalue weighted by Crippen LogP contribution is -2.46. The normalized spacial score (nSPS) is 15.0. The summed E-state index contributed by atoms with van der Waals surface area (Å²) in [7, 11) is 1.68. The maximum absolute atomic E-state index is 5.93. The van der Waals surface area contributed by atoms with Gasteiger partial charge >= 0.3 is 0 Å². The predicted molar refractivity (Wildman–Crippen MR) is 88.3 cm³/mol. The van der Waals surface area contributed by atoms with E-state index in [0.717, 1.165) is 37.6 Å². The molecule has 0 radical (unpaired) electrons. The minimum absolute atomic E-state index is 0.205. The third-order valence-electron chi connectivity index (χ3n) is 3.86. The number of aromatic nitrogens is 2. The van der Waals surface area contributed by atoms with E-state index >= 15 is 0 Å². The molecule has 0 aliphatic carbocycles. The van der Waals surface area contributed by atoms with Crippen molar-refractivity contribution in [1.29, 1.82) is 0 Å². The first-order valence-electron chi connectivity index (χ1n) is 7.19. The molecule has 1 saturated heterocycles. The molecule has 1 aromatic heterocycles. The molecule has 1 fully saturated rings. The summed E-state index contributed by atoms with van der Waals surface area (Å²) in [5, 5.41) is 0. The lowest BCUT2D eigenvalue weighted by atomic mass is 10.2. The Kier molecular flexibility index (Phi) is 3.86. The maximum atomic E-state index is 5.93. The van der Waals surface area contributed by atoms with Gasteiger partial charge in [0, 0.05) is 37.9 Å². The molecule has 4 N–H and O–H groups in total. The standard InChI is InChI=1S/C15H20N6O/c1-22-12-4-2-3-11(9-12)20-5-7-21(8-6-20)13-10-18-15(17)19-14(13)16/h2-4,9-10H,5-8H2,1H3,(H4,16,17,18,19). The number of anilines is 4. The van der Waals surface area contributed by atoms with Crippen molar-refractivity contribution in [2.75, 3.05) is 54.6 Å². The van der Waals surface area contributed by atoms with Gasteiger partial charge in [0.2, 0.25) is 5.95 Å². The molecule has 22 heavy (non-hydrogen) atoms. The van der Waals surface area contributed by atoms with Gasteiger partial charge in [-0.25, -0.2) is 4.98 Å². The van der Waals surface area contributed by atoms with Gasteiger partial charge in [0.05, 0.1) is 19.0 Å². The predicted octanol–water partition coefficient (Wildman–Crippen LogP) is 0.976. The lowest BCUT2D eigenvalue weighted by Gasteiger charge is -2.37. The zero-order chi connectivity index (χ0) is 15.5. The summed E-state index contributed by atoms with van der Waals surface area (Å²) in [4.78, 5) is 12.6. The molecule has 7 heteroatoms. The molecule has 1 aliphatic heterocycles. The molecule has 2 heterocycles. The Morgan fingerprint density at radius 1 is 1.09 bits per heavy atom. The second kappa shape index (κ2) is 5.97. The Morgan fingerprint density at radius 2 is 1.82 bits per heavy atom. The van der Waals surface area contributed by atoms with Crippen LogP contribution < -0.4 is 26.0 Å². The van der Waals surface area contributed by atoms with Crippen LogP contribution in [0.1, 0.15) is 0 Å². The summed E-state index contributed by atoms with van der Waals surface area (Å²) in [6.45, 7) is 3.51. The molecule has 0 amide bonds. The Hall–Kier alpha value is -2.70. The second-order valence-corrected chi connectivity index (χ2v) is 5.17. The van der Waals surface area contributed by atoms with Crippen molar-refractivity contribution in [2.24, 2.45) is 0 Å². The van der Waals surface area contributed by atoms with Crippen molar-refractivity contribution in [3.8, 4) is 5.75 Å². The van der Waals surface area contributed by atoms with E-state index in [2.05, 4.69) is 31.9 Å². The summed E-state index contributed by atoms with van der Waals surface area (Å²) in [5.74, 6) is 1.51. The molecule has 0 unspecified atom stereocenters. The van der Waals surface area contributed by atoms with Crippen LogP contribution in [0.4, 0.5) is 23.1 Å². The highest BCUT2D eigenvalue weighted by atomic mass is 16.5. The van der Waals surface area contributed by atoms with Crippen molar-refractivity contribution >= 4 is 23.1 Å². The highest BCUT2D eigenvalue weighted by Crippen LogP contribution is 2.25. The largest absolute Gasteiger partial charge is 0.497 e. The minimum Gasteiger partial charge on any atom is -0.497 e. The van der Waals surface area contributed by atoms with E-state index in [9.17, 15) is 0 Å². The fourth-order valence-electron chi connectivity index (χ4n) is 2.66. The van der Waals surface area contributed by atoms with Crippen LogP contribution in [-0.4, -0.2) is 43.3 Å². The SMILES string of the molecule is COc1cccc(N2CCN(c3cnc(N)nc3N)CC2)c1. The summed E-state index contributed by atoms with van der Waals surface area (Å²) in [6.07, 6.45) is 1.69. The number of nitrogen functional groups attached to an aromatic ring is 2. The van der Waals surface area contributed by atoms with Gasteiger partial charge in [-0.3, -0.25) is 0 Å². The molecule has 116 valence electrons. The van der Waals surface area contributed by atoms with Gasteiger partial charge in [-0.05, 0) is 12.1 Å². The molecule has 7 nitrogen and oxygen atoms in total. The van der Waals surface area contributed by atoms with Gasteiger partial charge in [0.25, 0.3) is 0 Å². The van der Waals surface area contributed by atoms with Crippen molar-refractivity contribution in [1.82, 2.24) is 9.97 Å². The number of piperazine rings is 1. The van der Waals surface area contributed by atoms with Crippen molar-refractivity contribution < 1.29 is 4.74 Å². The Balaban J connectivity index is 1.69. The molecule has 2 aromatic rings. The maximum Gasteiger partial charge on any atom is 0.222 e. The van der Waals surface area contributed by atoms with Crippen LogP contribution in [0.5, 0.6) is 5.75 Å². The van der Waals surface area contributed by atoms with Gasteiger partial charge in [-0.2, -0.15) is 4.98 Å². The smallest absolute Gasteiger partial charge is 0.222 e. The first-order valence-corrected chi connectivity index (χ1v) is 7.19. The second-order valence-electron chi connectivity index (χ2n) is 5.17. The molecule has 0 spiro atoms. The van der Waals surface area contributed by atoms with Crippen LogP contribution in [0.3, 0.4) is 0 Å². The number of benzene rings is 1. The summed E-state index contributed by atoms with van der Waals surface area (Å²) in [5.41, 5.74) is 13.5. The Morgan fingerprint density at radius 3 is 2.50 bits per heavy atom. The summed E-state index contributed by atoms with van der Waals surface area (Å²) in [6, 6.07) is 8.10. The van der Waals surface area contributed by atoms with Crippen LogP contribution in [-0.2, 0) is 0 Å². The first kappa shape index (κ1) is 14.2. The number of nitrogens with zero attached hydrogens (tertiary/aromatic N) is 4. The molecular weight excluding hydrogens is 280 g/mol. The molecule has 0 atom stereocenters. The average molecular weight is 300 g/mol. The zero-order valence-corrected chi connectivity index (χ0v) is 12.6. The Bertz CT molecular complexity index is 654. The first-order chi connectivity index (χ1) is 10.7. The van der Waals surface area contributed by atoms with E-state index in [1.54, 1.807) is 13.3 Å². The van der Waals surface area contributed by atoms with E-state index < -0.39 is 0 Å². The van der Waals surface area contributed by atoms with Gasteiger partial charge < -0.3 is 26.0 Å². The molecule has 0 saturated carbocycles. The molecular formula is C15H20N6O. The molecule has 1 aromatic carbocycles. The number of hydrogen-bond acceptors (Lipinski definition) is 7. The van der Waals surface area contributed by atoms with Crippen molar-refractivity contribution in [2.45, 2.75) is 0 Å². The highest BCUT2D eigenvalue weighted by molar-refractivity contribution is 5.64. The van der Waals surface area contributed by atoms with Crippen molar-refractivity contribution in [3.63, 3.8) is 0 Å². The van der Waals surface area contributed by atoms with Crippen molar-refractivity contribution in [3.05, 3.63) is 30.5 Å². The zero-order valence-electron chi connectivity index (χ0n) is 12.6. The third kappa shape index (κ3) is 2.83. The van der Waals surface area contributed by atoms with E-state index in [1.165, 1.54) is 5.69 Å². The fourth-order valence-corrected chi connectivity index (χ4v) is 2.66. The fraction of sp³-hybridized carbons (Fsp3) is 0.333. The van der Waals surface area contributed by atoms with Crippen LogP contribution in [0.15, 0.2) is 30.5 Å². The van der Waals surface area contributed by atoms with Crippen LogP contribution in [0, 0.1) is 0 Å². The Labute approximate surface area is 129 Å². The van der Waals surface area contributed by atoms with Crippen LogP contribution in [0.25, 0.3) is 0 Å². The van der Waals surface area contributed by atoms with E-state index in [1.807, 2.05) is 12.1 Å². The van der Waals surface area contributed by atoms with Crippen LogP contribution >= 0.6 is 0 Å². The van der Waals surface area contributed by atoms with Gasteiger partial charge in [0.15, 0.2) is 5.82 Å². The third-order valence-corrected chi connectivity index (χ3v) is 3.86. The average Bonchev–Trinajstić information content (AvgIpc) is 2.55. The van der Waals surface area contributed by atoms with Gasteiger partial charge in [-0.15, -0.1) is 0 Å². The van der Waals surface area contributed by atoms with E-state index in [-0.39, 0.29) is 5.95 Å². The van der Waals surface area contributed by atoms with E-state index in [4.69, 9.17) is 16.2 Å². The number of hydrogen-bond donors (Lipinski definition) is 2. The lowest BCUT2D eigenvalue weighted by molar-refractivity contribution is 0.414. The topological polar surface area (TPSA) is 93.5 Å². The molecule has 0 bridgehead atoms. The molecule has 3 rings (SSSR count). The van der Waals surface area contributed by atoms with Gasteiger partial charge in [0.1, 0.15) is 5.75 Å². The van der Waals surface area contributed by atoms with Gasteiger partial charge in [-0.1, -0.05) is 6.07 Å². The van der Waals surface area contributed by atoms with E-state index in [0.29, 0.717) is 5.82 Å². The molecule has 1 aliphatic rings. The number of methoxy groups -OCH3 is 1. The number of ether oxygens (including phenoxy) is 1. The van der Waals surface area contributed by atoms with Crippen LogP contribution in [0.2, 0.25) is 0 Å².